The first-order valence-corrected chi connectivity index (χ1v) is 5.98. The summed E-state index contributed by atoms with van der Waals surface area (Å²) in [4.78, 5) is 10.7. The molecule has 4 nitrogen and oxygen atoms in total. The number of nitrogens with two attached hydrogens (primary N) is 1. The number of hydrogen-bond acceptors (Lipinski definition) is 4. The van der Waals surface area contributed by atoms with E-state index in [1.165, 1.54) is 5.56 Å². The highest BCUT2D eigenvalue weighted by molar-refractivity contribution is 5.34. The predicted octanol–water partition coefficient (Wildman–Crippen LogP) is 1.88. The van der Waals surface area contributed by atoms with E-state index in [0.717, 1.165) is 23.8 Å². The SMILES string of the molecule is Cc1ccnc(N(C)Cc2ccccc2CN)n1. The van der Waals surface area contributed by atoms with Crippen LogP contribution in [0.25, 0.3) is 0 Å². The van der Waals surface area contributed by atoms with Gasteiger partial charge in [0.15, 0.2) is 0 Å². The fraction of sp³-hybridized carbons (Fsp3) is 0.286. The van der Waals surface area contributed by atoms with Gasteiger partial charge in [-0.15, -0.1) is 0 Å². The van der Waals surface area contributed by atoms with Crippen LogP contribution in [-0.2, 0) is 13.1 Å². The van der Waals surface area contributed by atoms with Crippen molar-refractivity contribution in [3.8, 4) is 0 Å². The minimum absolute atomic E-state index is 0.554. The molecule has 2 N–H and O–H groups in total. The Morgan fingerprint density at radius 3 is 2.56 bits per heavy atom. The van der Waals surface area contributed by atoms with Crippen molar-refractivity contribution in [1.29, 1.82) is 0 Å². The molecule has 0 atom stereocenters. The molecule has 0 aliphatic heterocycles. The first kappa shape index (κ1) is 12.5. The van der Waals surface area contributed by atoms with Gasteiger partial charge in [0.05, 0.1) is 0 Å². The molecule has 0 aliphatic rings. The normalized spacial score (nSPS) is 10.4. The second-order valence-electron chi connectivity index (χ2n) is 4.33. The fourth-order valence-corrected chi connectivity index (χ4v) is 1.86. The zero-order valence-corrected chi connectivity index (χ0v) is 10.8. The Morgan fingerprint density at radius 2 is 1.89 bits per heavy atom. The fourth-order valence-electron chi connectivity index (χ4n) is 1.86. The Labute approximate surface area is 107 Å². The van der Waals surface area contributed by atoms with Crippen LogP contribution in [0.3, 0.4) is 0 Å². The summed E-state index contributed by atoms with van der Waals surface area (Å²) in [7, 11) is 1.99. The van der Waals surface area contributed by atoms with Crippen molar-refractivity contribution in [2.75, 3.05) is 11.9 Å². The van der Waals surface area contributed by atoms with Crippen LogP contribution in [-0.4, -0.2) is 17.0 Å². The summed E-state index contributed by atoms with van der Waals surface area (Å²) in [5.41, 5.74) is 9.09. The highest BCUT2D eigenvalue weighted by Crippen LogP contribution is 2.13. The maximum Gasteiger partial charge on any atom is 0.225 e. The van der Waals surface area contributed by atoms with Crippen molar-refractivity contribution < 1.29 is 0 Å². The van der Waals surface area contributed by atoms with E-state index in [2.05, 4.69) is 22.1 Å². The lowest BCUT2D eigenvalue weighted by Crippen LogP contribution is -2.20. The van der Waals surface area contributed by atoms with Crippen molar-refractivity contribution in [3.63, 3.8) is 0 Å². The molecule has 0 saturated heterocycles. The minimum Gasteiger partial charge on any atom is -0.340 e. The Morgan fingerprint density at radius 1 is 1.17 bits per heavy atom. The maximum absolute atomic E-state index is 5.74. The summed E-state index contributed by atoms with van der Waals surface area (Å²) in [6.07, 6.45) is 1.78. The van der Waals surface area contributed by atoms with Gasteiger partial charge in [0, 0.05) is 32.0 Å². The van der Waals surface area contributed by atoms with E-state index in [1.807, 2.05) is 37.1 Å². The molecule has 0 saturated carbocycles. The average Bonchev–Trinajstić information content (AvgIpc) is 2.39. The van der Waals surface area contributed by atoms with Gasteiger partial charge >= 0.3 is 0 Å². The Balaban J connectivity index is 2.18. The number of benzene rings is 1. The molecule has 0 bridgehead atoms. The molecular weight excluding hydrogens is 224 g/mol. The standard InChI is InChI=1S/C14H18N4/c1-11-7-8-16-14(17-11)18(2)10-13-6-4-3-5-12(13)9-15/h3-8H,9-10,15H2,1-2H3. The summed E-state index contributed by atoms with van der Waals surface area (Å²) in [6.45, 7) is 3.28. The Bertz CT molecular complexity index is 525. The van der Waals surface area contributed by atoms with E-state index in [4.69, 9.17) is 5.73 Å². The molecule has 1 heterocycles. The second kappa shape index (κ2) is 5.60. The first-order chi connectivity index (χ1) is 8.70. The van der Waals surface area contributed by atoms with E-state index in [0.29, 0.717) is 6.54 Å². The Kier molecular flexibility index (Phi) is 3.89. The molecule has 0 unspecified atom stereocenters. The molecular formula is C14H18N4. The highest BCUT2D eigenvalue weighted by atomic mass is 15.2. The number of hydrogen-bond donors (Lipinski definition) is 1. The zero-order chi connectivity index (χ0) is 13.0. The van der Waals surface area contributed by atoms with Crippen molar-refractivity contribution in [3.05, 3.63) is 53.3 Å². The zero-order valence-electron chi connectivity index (χ0n) is 10.8. The van der Waals surface area contributed by atoms with Crippen molar-refractivity contribution >= 4 is 5.95 Å². The third-order valence-corrected chi connectivity index (χ3v) is 2.87. The lowest BCUT2D eigenvalue weighted by atomic mass is 10.1. The number of nitrogens with zero attached hydrogens (tertiary/aromatic N) is 3. The number of aromatic nitrogens is 2. The van der Waals surface area contributed by atoms with E-state index in [9.17, 15) is 0 Å². The minimum atomic E-state index is 0.554. The molecule has 0 spiro atoms. The molecule has 1 aromatic carbocycles. The van der Waals surface area contributed by atoms with Gasteiger partial charge in [-0.1, -0.05) is 24.3 Å². The molecule has 0 aliphatic carbocycles. The first-order valence-electron chi connectivity index (χ1n) is 5.98. The summed E-state index contributed by atoms with van der Waals surface area (Å²) in [6, 6.07) is 10.1. The maximum atomic E-state index is 5.74. The summed E-state index contributed by atoms with van der Waals surface area (Å²) in [5.74, 6) is 0.738. The van der Waals surface area contributed by atoms with Gasteiger partial charge in [-0.25, -0.2) is 9.97 Å². The van der Waals surface area contributed by atoms with Crippen LogP contribution in [0.5, 0.6) is 0 Å². The van der Waals surface area contributed by atoms with Crippen LogP contribution in [0.1, 0.15) is 16.8 Å². The molecule has 1 aromatic heterocycles. The molecule has 94 valence electrons. The highest BCUT2D eigenvalue weighted by Gasteiger charge is 2.07. The summed E-state index contributed by atoms with van der Waals surface area (Å²) >= 11 is 0. The quantitative estimate of drug-likeness (QED) is 0.889. The van der Waals surface area contributed by atoms with Gasteiger partial charge in [0.25, 0.3) is 0 Å². The van der Waals surface area contributed by atoms with Crippen LogP contribution < -0.4 is 10.6 Å². The van der Waals surface area contributed by atoms with Crippen LogP contribution in [0.4, 0.5) is 5.95 Å². The molecule has 2 rings (SSSR count). The van der Waals surface area contributed by atoms with Crippen molar-refractivity contribution in [1.82, 2.24) is 9.97 Å². The summed E-state index contributed by atoms with van der Waals surface area (Å²) < 4.78 is 0. The van der Waals surface area contributed by atoms with Gasteiger partial charge in [-0.05, 0) is 24.1 Å². The third kappa shape index (κ3) is 2.84. The number of aryl methyl sites for hydroxylation is 1. The van der Waals surface area contributed by atoms with Crippen LogP contribution in [0.15, 0.2) is 36.5 Å². The van der Waals surface area contributed by atoms with Crippen LogP contribution >= 0.6 is 0 Å². The number of rotatable bonds is 4. The smallest absolute Gasteiger partial charge is 0.225 e. The van der Waals surface area contributed by atoms with Crippen LogP contribution in [0, 0.1) is 6.92 Å². The lowest BCUT2D eigenvalue weighted by molar-refractivity contribution is 0.845. The molecule has 0 amide bonds. The molecule has 4 heteroatoms. The van der Waals surface area contributed by atoms with Gasteiger partial charge in [0.2, 0.25) is 5.95 Å². The average molecular weight is 242 g/mol. The monoisotopic (exact) mass is 242 g/mol. The summed E-state index contributed by atoms with van der Waals surface area (Å²) in [5, 5.41) is 0. The number of anilines is 1. The largest absolute Gasteiger partial charge is 0.340 e. The molecule has 18 heavy (non-hydrogen) atoms. The lowest BCUT2D eigenvalue weighted by Gasteiger charge is -2.18. The van der Waals surface area contributed by atoms with Gasteiger partial charge in [0.1, 0.15) is 0 Å². The predicted molar refractivity (Wildman–Crippen MR) is 73.2 cm³/mol. The third-order valence-electron chi connectivity index (χ3n) is 2.87. The van der Waals surface area contributed by atoms with E-state index < -0.39 is 0 Å². The Hall–Kier alpha value is -1.94. The van der Waals surface area contributed by atoms with Crippen LogP contribution in [0.2, 0.25) is 0 Å². The topological polar surface area (TPSA) is 55.0 Å². The van der Waals surface area contributed by atoms with Crippen molar-refractivity contribution in [2.24, 2.45) is 5.73 Å². The van der Waals surface area contributed by atoms with Gasteiger partial charge in [-0.2, -0.15) is 0 Å². The van der Waals surface area contributed by atoms with E-state index >= 15 is 0 Å². The van der Waals surface area contributed by atoms with Crippen molar-refractivity contribution in [2.45, 2.75) is 20.0 Å². The van der Waals surface area contributed by atoms with Gasteiger partial charge in [-0.3, -0.25) is 0 Å². The molecule has 0 fully saturated rings. The second-order valence-corrected chi connectivity index (χ2v) is 4.33. The molecule has 2 aromatic rings. The van der Waals surface area contributed by atoms with Gasteiger partial charge < -0.3 is 10.6 Å². The van der Waals surface area contributed by atoms with E-state index in [-0.39, 0.29) is 0 Å². The molecule has 0 radical (unpaired) electrons. The van der Waals surface area contributed by atoms with E-state index in [1.54, 1.807) is 6.20 Å².